The molecule has 0 saturated heterocycles. The molecule has 0 aliphatic heterocycles. The number of hydrogen-bond donors (Lipinski definition) is 1. The molecule has 0 bridgehead atoms. The van der Waals surface area contributed by atoms with Gasteiger partial charge in [0.15, 0.2) is 11.6 Å². The summed E-state index contributed by atoms with van der Waals surface area (Å²) >= 11 is 0. The molecule has 0 aliphatic carbocycles. The number of rotatable bonds is 5. The van der Waals surface area contributed by atoms with Crippen LogP contribution in [0.4, 0.5) is 20.2 Å². The van der Waals surface area contributed by atoms with Crippen molar-refractivity contribution in [3.8, 4) is 5.75 Å². The van der Waals surface area contributed by atoms with Gasteiger partial charge in [-0.15, -0.1) is 0 Å². The van der Waals surface area contributed by atoms with Crippen molar-refractivity contribution in [1.29, 1.82) is 0 Å². The Morgan fingerprint density at radius 3 is 2.40 bits per heavy atom. The molecule has 20 heavy (non-hydrogen) atoms. The first kappa shape index (κ1) is 14.1. The maximum Gasteiger partial charge on any atom is 0.162 e. The number of anilines is 2. The standard InChI is InChI=1S/C15H16F2N2O/c1-19(12-4-2-11(18)3-5-12)8-9-20-13-6-7-14(16)15(17)10-13/h2-7,10H,8-9,18H2,1H3. The zero-order valence-electron chi connectivity index (χ0n) is 11.1. The van der Waals surface area contributed by atoms with E-state index in [9.17, 15) is 8.78 Å². The lowest BCUT2D eigenvalue weighted by Crippen LogP contribution is -2.23. The summed E-state index contributed by atoms with van der Waals surface area (Å²) in [7, 11) is 1.92. The van der Waals surface area contributed by atoms with Gasteiger partial charge in [0.1, 0.15) is 12.4 Å². The van der Waals surface area contributed by atoms with Gasteiger partial charge < -0.3 is 15.4 Å². The summed E-state index contributed by atoms with van der Waals surface area (Å²) in [6.07, 6.45) is 0. The van der Waals surface area contributed by atoms with E-state index in [-0.39, 0.29) is 0 Å². The van der Waals surface area contributed by atoms with Crippen LogP contribution in [0.3, 0.4) is 0 Å². The Labute approximate surface area is 116 Å². The number of hydrogen-bond acceptors (Lipinski definition) is 3. The van der Waals surface area contributed by atoms with Crippen molar-refractivity contribution in [3.05, 3.63) is 54.1 Å². The monoisotopic (exact) mass is 278 g/mol. The molecule has 2 N–H and O–H groups in total. The van der Waals surface area contributed by atoms with Crippen molar-refractivity contribution in [2.75, 3.05) is 30.8 Å². The Morgan fingerprint density at radius 2 is 1.75 bits per heavy atom. The molecule has 0 aliphatic rings. The van der Waals surface area contributed by atoms with Gasteiger partial charge >= 0.3 is 0 Å². The van der Waals surface area contributed by atoms with E-state index in [4.69, 9.17) is 10.5 Å². The second-order valence-corrected chi connectivity index (χ2v) is 4.44. The zero-order chi connectivity index (χ0) is 14.5. The third-order valence-corrected chi connectivity index (χ3v) is 2.92. The third kappa shape index (κ3) is 3.60. The van der Waals surface area contributed by atoms with Gasteiger partial charge in [-0.3, -0.25) is 0 Å². The maximum atomic E-state index is 13.0. The first-order chi connectivity index (χ1) is 9.56. The van der Waals surface area contributed by atoms with Crippen molar-refractivity contribution >= 4 is 11.4 Å². The molecule has 0 amide bonds. The van der Waals surface area contributed by atoms with E-state index in [2.05, 4.69) is 0 Å². The average molecular weight is 278 g/mol. The van der Waals surface area contributed by atoms with Crippen molar-refractivity contribution in [2.45, 2.75) is 0 Å². The molecule has 0 heterocycles. The minimum atomic E-state index is -0.908. The maximum absolute atomic E-state index is 13.0. The Kier molecular flexibility index (Phi) is 4.40. The summed E-state index contributed by atoms with van der Waals surface area (Å²) in [5, 5.41) is 0. The molecular formula is C15H16F2N2O. The van der Waals surface area contributed by atoms with Gasteiger partial charge in [0.25, 0.3) is 0 Å². The van der Waals surface area contributed by atoms with Gasteiger partial charge in [0.2, 0.25) is 0 Å². The van der Waals surface area contributed by atoms with E-state index in [1.807, 2.05) is 36.2 Å². The van der Waals surface area contributed by atoms with Crippen LogP contribution in [-0.4, -0.2) is 20.2 Å². The second kappa shape index (κ2) is 6.23. The lowest BCUT2D eigenvalue weighted by atomic mass is 10.2. The van der Waals surface area contributed by atoms with Gasteiger partial charge in [0, 0.05) is 24.5 Å². The highest BCUT2D eigenvalue weighted by Gasteiger charge is 2.04. The predicted molar refractivity (Wildman–Crippen MR) is 76.0 cm³/mol. The normalized spacial score (nSPS) is 10.3. The van der Waals surface area contributed by atoms with Gasteiger partial charge in [-0.1, -0.05) is 0 Å². The summed E-state index contributed by atoms with van der Waals surface area (Å²) in [6.45, 7) is 0.981. The number of nitrogens with two attached hydrogens (primary N) is 1. The number of nitrogen functional groups attached to an aromatic ring is 1. The molecule has 2 aromatic carbocycles. The van der Waals surface area contributed by atoms with Gasteiger partial charge in [0.05, 0.1) is 6.54 Å². The molecule has 0 atom stereocenters. The van der Waals surface area contributed by atoms with Gasteiger partial charge in [-0.05, 0) is 36.4 Å². The molecule has 106 valence electrons. The zero-order valence-corrected chi connectivity index (χ0v) is 11.1. The molecule has 2 rings (SSSR count). The summed E-state index contributed by atoms with van der Waals surface area (Å²) < 4.78 is 31.1. The highest BCUT2D eigenvalue weighted by atomic mass is 19.2. The van der Waals surface area contributed by atoms with E-state index in [1.54, 1.807) is 0 Å². The van der Waals surface area contributed by atoms with Crippen molar-refractivity contribution < 1.29 is 13.5 Å². The highest BCUT2D eigenvalue weighted by Crippen LogP contribution is 2.17. The van der Waals surface area contributed by atoms with E-state index in [1.165, 1.54) is 6.07 Å². The molecule has 2 aromatic rings. The Balaban J connectivity index is 1.86. The summed E-state index contributed by atoms with van der Waals surface area (Å²) in [4.78, 5) is 1.99. The topological polar surface area (TPSA) is 38.5 Å². The molecule has 0 aromatic heterocycles. The largest absolute Gasteiger partial charge is 0.492 e. The number of ether oxygens (including phenoxy) is 1. The lowest BCUT2D eigenvalue weighted by Gasteiger charge is -2.19. The first-order valence-electron chi connectivity index (χ1n) is 6.21. The third-order valence-electron chi connectivity index (χ3n) is 2.92. The minimum absolute atomic E-state index is 0.314. The molecule has 0 saturated carbocycles. The fraction of sp³-hybridized carbons (Fsp3) is 0.200. The summed E-state index contributed by atoms with van der Waals surface area (Å²) in [5.41, 5.74) is 7.34. The summed E-state index contributed by atoms with van der Waals surface area (Å²) in [5.74, 6) is -1.47. The van der Waals surface area contributed by atoms with Crippen LogP contribution in [0.2, 0.25) is 0 Å². The van der Waals surface area contributed by atoms with Crippen LogP contribution in [-0.2, 0) is 0 Å². The molecule has 0 unspecified atom stereocenters. The number of likely N-dealkylation sites (N-methyl/N-ethyl adjacent to an activating group) is 1. The molecule has 0 fully saturated rings. The van der Waals surface area contributed by atoms with Crippen LogP contribution in [0.15, 0.2) is 42.5 Å². The Hall–Kier alpha value is -2.30. The molecule has 0 spiro atoms. The average Bonchev–Trinajstić information content (AvgIpc) is 2.43. The lowest BCUT2D eigenvalue weighted by molar-refractivity contribution is 0.322. The van der Waals surface area contributed by atoms with E-state index >= 15 is 0 Å². The Morgan fingerprint density at radius 1 is 1.05 bits per heavy atom. The predicted octanol–water partition coefficient (Wildman–Crippen LogP) is 3.06. The fourth-order valence-electron chi connectivity index (χ4n) is 1.72. The number of halogens is 2. The highest BCUT2D eigenvalue weighted by molar-refractivity contribution is 5.52. The van der Waals surface area contributed by atoms with E-state index in [0.29, 0.717) is 24.6 Å². The van der Waals surface area contributed by atoms with E-state index in [0.717, 1.165) is 17.8 Å². The van der Waals surface area contributed by atoms with Gasteiger partial charge in [-0.25, -0.2) is 8.78 Å². The van der Waals surface area contributed by atoms with Crippen LogP contribution in [0.5, 0.6) is 5.75 Å². The van der Waals surface area contributed by atoms with Gasteiger partial charge in [-0.2, -0.15) is 0 Å². The number of nitrogens with zero attached hydrogens (tertiary/aromatic N) is 1. The smallest absolute Gasteiger partial charge is 0.162 e. The van der Waals surface area contributed by atoms with Crippen LogP contribution >= 0.6 is 0 Å². The van der Waals surface area contributed by atoms with Crippen LogP contribution in [0, 0.1) is 11.6 Å². The van der Waals surface area contributed by atoms with E-state index < -0.39 is 11.6 Å². The van der Waals surface area contributed by atoms with Crippen molar-refractivity contribution in [1.82, 2.24) is 0 Å². The molecular weight excluding hydrogens is 262 g/mol. The number of benzene rings is 2. The molecule has 3 nitrogen and oxygen atoms in total. The van der Waals surface area contributed by atoms with Crippen LogP contribution < -0.4 is 15.4 Å². The minimum Gasteiger partial charge on any atom is -0.492 e. The SMILES string of the molecule is CN(CCOc1ccc(F)c(F)c1)c1ccc(N)cc1. The molecule has 5 heteroatoms. The molecule has 0 radical (unpaired) electrons. The first-order valence-corrected chi connectivity index (χ1v) is 6.21. The Bertz CT molecular complexity index is 573. The second-order valence-electron chi connectivity index (χ2n) is 4.44. The van der Waals surface area contributed by atoms with Crippen LogP contribution in [0.25, 0.3) is 0 Å². The van der Waals surface area contributed by atoms with Crippen molar-refractivity contribution in [3.63, 3.8) is 0 Å². The van der Waals surface area contributed by atoms with Crippen LogP contribution in [0.1, 0.15) is 0 Å². The summed E-state index contributed by atoms with van der Waals surface area (Å²) in [6, 6.07) is 11.0. The fourth-order valence-corrected chi connectivity index (χ4v) is 1.72. The quantitative estimate of drug-likeness (QED) is 0.854. The van der Waals surface area contributed by atoms with Crippen molar-refractivity contribution in [2.24, 2.45) is 0 Å².